The van der Waals surface area contributed by atoms with Crippen molar-refractivity contribution in [3.8, 4) is 6.07 Å². The minimum absolute atomic E-state index is 0.156. The molecule has 0 unspecified atom stereocenters. The number of ether oxygens (including phenoxy) is 1. The van der Waals surface area contributed by atoms with E-state index in [0.717, 1.165) is 5.56 Å². The summed E-state index contributed by atoms with van der Waals surface area (Å²) in [5.74, 6) is -1.03. The summed E-state index contributed by atoms with van der Waals surface area (Å²) in [4.78, 5) is 26.1. The van der Waals surface area contributed by atoms with Crippen LogP contribution in [-0.4, -0.2) is 34.8 Å². The smallest absolute Gasteiger partial charge is 0.342 e. The van der Waals surface area contributed by atoms with E-state index in [4.69, 9.17) is 21.6 Å². The van der Waals surface area contributed by atoms with Gasteiger partial charge in [-0.3, -0.25) is 9.48 Å². The van der Waals surface area contributed by atoms with Crippen LogP contribution in [0.4, 0.5) is 5.69 Å². The number of rotatable bonds is 6. The summed E-state index contributed by atoms with van der Waals surface area (Å²) in [5, 5.41) is 13.4. The van der Waals surface area contributed by atoms with Gasteiger partial charge in [0.05, 0.1) is 18.7 Å². The number of carbonyl (C=O) groups is 2. The number of hydrogen-bond donors (Lipinski definition) is 0. The van der Waals surface area contributed by atoms with Crippen LogP contribution >= 0.6 is 11.6 Å². The molecule has 0 N–H and O–H groups in total. The van der Waals surface area contributed by atoms with Crippen LogP contribution in [0.2, 0.25) is 5.02 Å². The Morgan fingerprint density at radius 1 is 1.38 bits per heavy atom. The standard InChI is InChI=1S/C18H19ClN4O3/c1-12-9-14(5-6-16(12)19)23(8-4-7-20)17(24)11-26-18(25)15-10-21-22(3)13(15)2/h5-6,9-10H,4,8,11H2,1-3H3. The summed E-state index contributed by atoms with van der Waals surface area (Å²) in [6, 6.07) is 7.14. The third kappa shape index (κ3) is 4.41. The van der Waals surface area contributed by atoms with Crippen LogP contribution < -0.4 is 4.90 Å². The van der Waals surface area contributed by atoms with Gasteiger partial charge in [-0.25, -0.2) is 4.79 Å². The highest BCUT2D eigenvalue weighted by molar-refractivity contribution is 6.31. The maximum atomic E-state index is 12.6. The maximum Gasteiger partial charge on any atom is 0.342 e. The van der Waals surface area contributed by atoms with Crippen molar-refractivity contribution in [2.24, 2.45) is 7.05 Å². The fourth-order valence-electron chi connectivity index (χ4n) is 2.34. The van der Waals surface area contributed by atoms with Crippen LogP contribution in [0.15, 0.2) is 24.4 Å². The molecule has 8 heteroatoms. The molecule has 1 heterocycles. The van der Waals surface area contributed by atoms with E-state index in [-0.39, 0.29) is 13.0 Å². The van der Waals surface area contributed by atoms with Crippen molar-refractivity contribution >= 4 is 29.2 Å². The lowest BCUT2D eigenvalue weighted by Crippen LogP contribution is -2.35. The van der Waals surface area contributed by atoms with Gasteiger partial charge in [0.15, 0.2) is 6.61 Å². The molecule has 1 aromatic carbocycles. The largest absolute Gasteiger partial charge is 0.452 e. The molecule has 0 bridgehead atoms. The number of amides is 1. The zero-order valence-corrected chi connectivity index (χ0v) is 15.6. The summed E-state index contributed by atoms with van der Waals surface area (Å²) in [7, 11) is 1.71. The predicted molar refractivity (Wildman–Crippen MR) is 97.0 cm³/mol. The molecular formula is C18H19ClN4O3. The topological polar surface area (TPSA) is 88.2 Å². The van der Waals surface area contributed by atoms with Crippen molar-refractivity contribution < 1.29 is 14.3 Å². The third-order valence-electron chi connectivity index (χ3n) is 3.98. The van der Waals surface area contributed by atoms with Gasteiger partial charge in [0.25, 0.3) is 5.91 Å². The number of benzene rings is 1. The molecule has 0 spiro atoms. The first kappa shape index (κ1) is 19.5. The number of esters is 1. The van der Waals surface area contributed by atoms with Gasteiger partial charge in [0, 0.05) is 30.0 Å². The van der Waals surface area contributed by atoms with Gasteiger partial charge in [-0.2, -0.15) is 10.4 Å². The molecular weight excluding hydrogens is 356 g/mol. The molecule has 0 aliphatic heterocycles. The Morgan fingerprint density at radius 3 is 2.69 bits per heavy atom. The molecule has 7 nitrogen and oxygen atoms in total. The van der Waals surface area contributed by atoms with Gasteiger partial charge >= 0.3 is 5.97 Å². The minimum Gasteiger partial charge on any atom is -0.452 e. The van der Waals surface area contributed by atoms with E-state index in [9.17, 15) is 9.59 Å². The van der Waals surface area contributed by atoms with Gasteiger partial charge < -0.3 is 9.64 Å². The number of halogens is 1. The first-order valence-corrected chi connectivity index (χ1v) is 8.32. The van der Waals surface area contributed by atoms with Crippen molar-refractivity contribution in [3.05, 3.63) is 46.2 Å². The molecule has 0 saturated heterocycles. The second-order valence-electron chi connectivity index (χ2n) is 5.73. The molecule has 0 aliphatic rings. The normalized spacial score (nSPS) is 10.3. The SMILES string of the molecule is Cc1cc(N(CCC#N)C(=O)COC(=O)c2cnn(C)c2C)ccc1Cl. The lowest BCUT2D eigenvalue weighted by molar-refractivity contribution is -0.121. The maximum absolute atomic E-state index is 12.6. The van der Waals surface area contributed by atoms with E-state index in [0.29, 0.717) is 22.0 Å². The highest BCUT2D eigenvalue weighted by Gasteiger charge is 2.20. The Kier molecular flexibility index (Phi) is 6.36. The van der Waals surface area contributed by atoms with Gasteiger partial charge in [-0.1, -0.05) is 11.6 Å². The van der Waals surface area contributed by atoms with Crippen molar-refractivity contribution in [2.75, 3.05) is 18.1 Å². The van der Waals surface area contributed by atoms with E-state index in [1.807, 2.05) is 13.0 Å². The van der Waals surface area contributed by atoms with Gasteiger partial charge in [0.2, 0.25) is 0 Å². The Labute approximate surface area is 156 Å². The number of aromatic nitrogens is 2. The van der Waals surface area contributed by atoms with Crippen LogP contribution in [-0.2, 0) is 16.6 Å². The summed E-state index contributed by atoms with van der Waals surface area (Å²) < 4.78 is 6.68. The van der Waals surface area contributed by atoms with Crippen LogP contribution in [0, 0.1) is 25.2 Å². The van der Waals surface area contributed by atoms with Crippen LogP contribution in [0.1, 0.15) is 28.0 Å². The summed E-state index contributed by atoms with van der Waals surface area (Å²) in [6.45, 7) is 3.32. The fourth-order valence-corrected chi connectivity index (χ4v) is 2.46. The van der Waals surface area contributed by atoms with Crippen molar-refractivity contribution in [1.29, 1.82) is 5.26 Å². The van der Waals surface area contributed by atoms with Crippen molar-refractivity contribution in [3.63, 3.8) is 0 Å². The van der Waals surface area contributed by atoms with E-state index < -0.39 is 18.5 Å². The number of aryl methyl sites for hydroxylation is 2. The van der Waals surface area contributed by atoms with Crippen LogP contribution in [0.3, 0.4) is 0 Å². The Hall–Kier alpha value is -2.85. The van der Waals surface area contributed by atoms with Crippen molar-refractivity contribution in [1.82, 2.24) is 9.78 Å². The third-order valence-corrected chi connectivity index (χ3v) is 4.41. The fraction of sp³-hybridized carbons (Fsp3) is 0.333. The number of nitriles is 1. The highest BCUT2D eigenvalue weighted by atomic mass is 35.5. The summed E-state index contributed by atoms with van der Waals surface area (Å²) in [5.41, 5.74) is 2.37. The molecule has 1 amide bonds. The quantitative estimate of drug-likeness (QED) is 0.725. The van der Waals surface area contributed by atoms with Gasteiger partial charge in [-0.05, 0) is 37.6 Å². The monoisotopic (exact) mass is 374 g/mol. The van der Waals surface area contributed by atoms with Crippen LogP contribution in [0.5, 0.6) is 0 Å². The lowest BCUT2D eigenvalue weighted by Gasteiger charge is -2.22. The number of hydrogen-bond acceptors (Lipinski definition) is 5. The molecule has 2 aromatic rings. The lowest BCUT2D eigenvalue weighted by atomic mass is 10.2. The number of anilines is 1. The molecule has 136 valence electrons. The number of nitrogens with zero attached hydrogens (tertiary/aromatic N) is 4. The Morgan fingerprint density at radius 2 is 2.12 bits per heavy atom. The van der Waals surface area contributed by atoms with Gasteiger partial charge in [-0.15, -0.1) is 0 Å². The first-order valence-electron chi connectivity index (χ1n) is 7.94. The highest BCUT2D eigenvalue weighted by Crippen LogP contribution is 2.23. The summed E-state index contributed by atoms with van der Waals surface area (Å²) >= 11 is 6.02. The van der Waals surface area contributed by atoms with E-state index in [2.05, 4.69) is 5.10 Å². The summed E-state index contributed by atoms with van der Waals surface area (Å²) in [6.07, 6.45) is 1.56. The second-order valence-corrected chi connectivity index (χ2v) is 6.14. The molecule has 0 fully saturated rings. The van der Waals surface area contributed by atoms with E-state index >= 15 is 0 Å². The minimum atomic E-state index is -0.614. The molecule has 26 heavy (non-hydrogen) atoms. The predicted octanol–water partition coefficient (Wildman–Crippen LogP) is 2.79. The first-order chi connectivity index (χ1) is 12.3. The van der Waals surface area contributed by atoms with Gasteiger partial charge in [0.1, 0.15) is 5.56 Å². The van der Waals surface area contributed by atoms with Crippen LogP contribution in [0.25, 0.3) is 0 Å². The Bertz CT molecular complexity index is 870. The number of carbonyl (C=O) groups excluding carboxylic acids is 2. The molecule has 2 rings (SSSR count). The molecule has 0 aliphatic carbocycles. The zero-order chi connectivity index (χ0) is 19.3. The Balaban J connectivity index is 2.11. The molecule has 1 aromatic heterocycles. The van der Waals surface area contributed by atoms with Crippen molar-refractivity contribution in [2.45, 2.75) is 20.3 Å². The second kappa shape index (κ2) is 8.50. The molecule has 0 radical (unpaired) electrons. The zero-order valence-electron chi connectivity index (χ0n) is 14.8. The molecule has 0 atom stereocenters. The average molecular weight is 375 g/mol. The van der Waals surface area contributed by atoms with E-state index in [1.54, 1.807) is 36.9 Å². The average Bonchev–Trinajstić information content (AvgIpc) is 2.95. The molecule has 0 saturated carbocycles. The van der Waals surface area contributed by atoms with E-state index in [1.165, 1.54) is 11.1 Å².